The molecule has 0 saturated carbocycles. The van der Waals surface area contributed by atoms with Gasteiger partial charge in [0.05, 0.1) is 0 Å². The molecule has 1 saturated heterocycles. The monoisotopic (exact) mass is 317 g/mol. The van der Waals surface area contributed by atoms with Gasteiger partial charge in [-0.1, -0.05) is 37.3 Å². The van der Waals surface area contributed by atoms with Gasteiger partial charge in [0.1, 0.15) is 0 Å². The Labute approximate surface area is 140 Å². The molecule has 23 heavy (non-hydrogen) atoms. The van der Waals surface area contributed by atoms with Gasteiger partial charge in [0.2, 0.25) is 0 Å². The quantitative estimate of drug-likeness (QED) is 0.647. The number of hydrogen-bond donors (Lipinski definition) is 1. The van der Waals surface area contributed by atoms with Crippen molar-refractivity contribution in [2.24, 2.45) is 10.9 Å². The molecule has 0 radical (unpaired) electrons. The summed E-state index contributed by atoms with van der Waals surface area (Å²) in [6.07, 6.45) is 3.62. The van der Waals surface area contributed by atoms with Gasteiger partial charge < -0.3 is 15.0 Å². The topological polar surface area (TPSA) is 36.9 Å². The molecule has 1 N–H and O–H groups in total. The number of nitrogens with zero attached hydrogens (tertiary/aromatic N) is 2. The maximum absolute atomic E-state index is 5.43. The maximum Gasteiger partial charge on any atom is 0.193 e. The van der Waals surface area contributed by atoms with E-state index in [9.17, 15) is 0 Å². The van der Waals surface area contributed by atoms with Gasteiger partial charge in [-0.25, -0.2) is 0 Å². The Morgan fingerprint density at radius 1 is 1.30 bits per heavy atom. The van der Waals surface area contributed by atoms with E-state index < -0.39 is 0 Å². The molecule has 0 bridgehead atoms. The van der Waals surface area contributed by atoms with Crippen LogP contribution < -0.4 is 5.32 Å². The minimum atomic E-state index is 0.469. The minimum Gasteiger partial charge on any atom is -0.381 e. The van der Waals surface area contributed by atoms with Crippen LogP contribution in [-0.2, 0) is 4.74 Å². The number of aliphatic imine (C=N–C) groups is 1. The number of hydrogen-bond acceptors (Lipinski definition) is 2. The molecule has 4 nitrogen and oxygen atoms in total. The molecule has 1 unspecified atom stereocenters. The Morgan fingerprint density at radius 3 is 2.65 bits per heavy atom. The highest BCUT2D eigenvalue weighted by Gasteiger charge is 2.15. The number of benzene rings is 1. The molecule has 0 spiro atoms. The van der Waals surface area contributed by atoms with Crippen LogP contribution in [0.15, 0.2) is 35.3 Å². The van der Waals surface area contributed by atoms with E-state index in [1.165, 1.54) is 24.8 Å². The predicted octanol–water partition coefficient (Wildman–Crippen LogP) is 3.11. The molecule has 0 aromatic heterocycles. The maximum atomic E-state index is 5.43. The lowest BCUT2D eigenvalue weighted by Gasteiger charge is -2.27. The molecule has 0 amide bonds. The second-order valence-corrected chi connectivity index (χ2v) is 6.51. The molecule has 128 valence electrons. The first-order chi connectivity index (χ1) is 11.2. The largest absolute Gasteiger partial charge is 0.381 e. The zero-order valence-electron chi connectivity index (χ0n) is 14.8. The third kappa shape index (κ3) is 5.87. The van der Waals surface area contributed by atoms with Crippen molar-refractivity contribution in [1.29, 1.82) is 0 Å². The average Bonchev–Trinajstić information content (AvgIpc) is 2.62. The SMILES string of the molecule is CN=C(NCC(C)c1ccccc1)N(C)CCC1CCOCC1. The normalized spacial score (nSPS) is 17.8. The van der Waals surface area contributed by atoms with E-state index in [-0.39, 0.29) is 0 Å². The first kappa shape index (κ1) is 17.8. The molecular weight excluding hydrogens is 286 g/mol. The minimum absolute atomic E-state index is 0.469. The summed E-state index contributed by atoms with van der Waals surface area (Å²) in [4.78, 5) is 6.67. The predicted molar refractivity (Wildman–Crippen MR) is 97.0 cm³/mol. The summed E-state index contributed by atoms with van der Waals surface area (Å²) in [5, 5.41) is 3.51. The highest BCUT2D eigenvalue weighted by molar-refractivity contribution is 5.79. The lowest BCUT2D eigenvalue weighted by Crippen LogP contribution is -2.41. The van der Waals surface area contributed by atoms with E-state index in [1.54, 1.807) is 0 Å². The van der Waals surface area contributed by atoms with Crippen LogP contribution in [0.5, 0.6) is 0 Å². The third-order valence-corrected chi connectivity index (χ3v) is 4.72. The van der Waals surface area contributed by atoms with Gasteiger partial charge in [0.15, 0.2) is 5.96 Å². The van der Waals surface area contributed by atoms with Gasteiger partial charge in [-0.15, -0.1) is 0 Å². The summed E-state index contributed by atoms with van der Waals surface area (Å²) in [5.74, 6) is 2.25. The fourth-order valence-corrected chi connectivity index (χ4v) is 3.05. The van der Waals surface area contributed by atoms with E-state index in [2.05, 4.69) is 59.5 Å². The van der Waals surface area contributed by atoms with Crippen LogP contribution in [0.2, 0.25) is 0 Å². The van der Waals surface area contributed by atoms with Gasteiger partial charge >= 0.3 is 0 Å². The fraction of sp³-hybridized carbons (Fsp3) is 0.632. The molecule has 1 aromatic rings. The average molecular weight is 317 g/mol. The van der Waals surface area contributed by atoms with Crippen molar-refractivity contribution in [3.05, 3.63) is 35.9 Å². The first-order valence-corrected chi connectivity index (χ1v) is 8.75. The van der Waals surface area contributed by atoms with Crippen molar-refractivity contribution in [1.82, 2.24) is 10.2 Å². The second-order valence-electron chi connectivity index (χ2n) is 6.51. The van der Waals surface area contributed by atoms with Gasteiger partial charge in [-0.3, -0.25) is 4.99 Å². The Morgan fingerprint density at radius 2 is 2.00 bits per heavy atom. The van der Waals surface area contributed by atoms with Crippen LogP contribution in [-0.4, -0.2) is 51.3 Å². The molecule has 1 fully saturated rings. The van der Waals surface area contributed by atoms with Crippen LogP contribution in [0.3, 0.4) is 0 Å². The molecule has 1 aliphatic rings. The number of ether oxygens (including phenoxy) is 1. The van der Waals surface area contributed by atoms with E-state index in [1.807, 2.05) is 7.05 Å². The van der Waals surface area contributed by atoms with Crippen LogP contribution in [0.4, 0.5) is 0 Å². The number of guanidine groups is 1. The standard InChI is InChI=1S/C19H31N3O/c1-16(18-7-5-4-6-8-18)15-21-19(20-2)22(3)12-9-17-10-13-23-14-11-17/h4-8,16-17H,9-15H2,1-3H3,(H,20,21). The van der Waals surface area contributed by atoms with E-state index >= 15 is 0 Å². The van der Waals surface area contributed by atoms with Crippen molar-refractivity contribution in [2.45, 2.75) is 32.1 Å². The van der Waals surface area contributed by atoms with Gasteiger partial charge in [0, 0.05) is 40.4 Å². The zero-order valence-corrected chi connectivity index (χ0v) is 14.8. The van der Waals surface area contributed by atoms with E-state index in [4.69, 9.17) is 4.74 Å². The van der Waals surface area contributed by atoms with Crippen LogP contribution in [0.1, 0.15) is 37.7 Å². The number of nitrogens with one attached hydrogen (secondary N) is 1. The molecule has 1 atom stereocenters. The number of rotatable bonds is 6. The smallest absolute Gasteiger partial charge is 0.193 e. The van der Waals surface area contributed by atoms with Crippen molar-refractivity contribution >= 4 is 5.96 Å². The van der Waals surface area contributed by atoms with E-state index in [0.29, 0.717) is 5.92 Å². The summed E-state index contributed by atoms with van der Waals surface area (Å²) < 4.78 is 5.43. The lowest BCUT2D eigenvalue weighted by molar-refractivity contribution is 0.0625. The third-order valence-electron chi connectivity index (χ3n) is 4.72. The van der Waals surface area contributed by atoms with Gasteiger partial charge in [0.25, 0.3) is 0 Å². The summed E-state index contributed by atoms with van der Waals surface area (Å²) in [7, 11) is 3.99. The Balaban J connectivity index is 1.75. The summed E-state index contributed by atoms with van der Waals surface area (Å²) in [5.41, 5.74) is 1.36. The molecule has 2 rings (SSSR count). The molecule has 0 aliphatic carbocycles. The van der Waals surface area contributed by atoms with Crippen LogP contribution in [0.25, 0.3) is 0 Å². The van der Waals surface area contributed by atoms with Crippen LogP contribution in [0, 0.1) is 5.92 Å². The highest BCUT2D eigenvalue weighted by atomic mass is 16.5. The Kier molecular flexibility index (Phi) is 7.40. The van der Waals surface area contributed by atoms with Crippen molar-refractivity contribution in [3.63, 3.8) is 0 Å². The lowest BCUT2D eigenvalue weighted by atomic mass is 9.96. The van der Waals surface area contributed by atoms with Crippen molar-refractivity contribution in [2.75, 3.05) is 40.4 Å². The highest BCUT2D eigenvalue weighted by Crippen LogP contribution is 2.18. The Hall–Kier alpha value is -1.55. The van der Waals surface area contributed by atoms with Gasteiger partial charge in [-0.05, 0) is 36.7 Å². The Bertz CT molecular complexity index is 469. The first-order valence-electron chi connectivity index (χ1n) is 8.75. The molecule has 1 aliphatic heterocycles. The molecular formula is C19H31N3O. The van der Waals surface area contributed by atoms with Crippen molar-refractivity contribution in [3.8, 4) is 0 Å². The summed E-state index contributed by atoms with van der Waals surface area (Å²) >= 11 is 0. The summed E-state index contributed by atoms with van der Waals surface area (Å²) in [6, 6.07) is 10.6. The summed E-state index contributed by atoms with van der Waals surface area (Å²) in [6.45, 7) is 6.05. The van der Waals surface area contributed by atoms with Crippen molar-refractivity contribution < 1.29 is 4.74 Å². The second kappa shape index (κ2) is 9.56. The van der Waals surface area contributed by atoms with Crippen LogP contribution >= 0.6 is 0 Å². The van der Waals surface area contributed by atoms with Gasteiger partial charge in [-0.2, -0.15) is 0 Å². The van der Waals surface area contributed by atoms with E-state index in [0.717, 1.165) is 38.2 Å². The zero-order chi connectivity index (χ0) is 16.5. The fourth-order valence-electron chi connectivity index (χ4n) is 3.05. The molecule has 1 aromatic carbocycles. The molecule has 1 heterocycles. The molecule has 4 heteroatoms.